The summed E-state index contributed by atoms with van der Waals surface area (Å²) in [7, 11) is 2.28. The number of alkyl halides is 1. The van der Waals surface area contributed by atoms with E-state index >= 15 is 0 Å². The molecular weight excluding hydrogens is 285 g/mol. The molecule has 1 nitrogen and oxygen atoms in total. The molecular formula is C12H22IN. The Morgan fingerprint density at radius 1 is 1.29 bits per heavy atom. The van der Waals surface area contributed by atoms with Gasteiger partial charge in [-0.15, -0.1) is 0 Å². The fourth-order valence-electron chi connectivity index (χ4n) is 3.20. The molecule has 0 aromatic rings. The zero-order chi connectivity index (χ0) is 10.2. The molecule has 2 aliphatic carbocycles. The molecule has 0 unspecified atom stereocenters. The first-order valence-electron chi connectivity index (χ1n) is 5.99. The minimum Gasteiger partial charge on any atom is -0.304 e. The molecule has 0 amide bonds. The van der Waals surface area contributed by atoms with E-state index < -0.39 is 0 Å². The first-order valence-corrected chi connectivity index (χ1v) is 7.24. The molecule has 0 radical (unpaired) electrons. The van der Waals surface area contributed by atoms with Gasteiger partial charge in [-0.2, -0.15) is 0 Å². The number of hydrogen-bond donors (Lipinski definition) is 0. The van der Waals surface area contributed by atoms with E-state index in [9.17, 15) is 0 Å². The second-order valence-corrected chi connectivity index (χ2v) is 7.07. The molecule has 0 bridgehead atoms. The maximum atomic E-state index is 2.62. The molecule has 2 aliphatic rings. The Morgan fingerprint density at radius 2 is 1.86 bits per heavy atom. The van der Waals surface area contributed by atoms with Gasteiger partial charge in [0.1, 0.15) is 0 Å². The van der Waals surface area contributed by atoms with Gasteiger partial charge in [-0.25, -0.2) is 0 Å². The van der Waals surface area contributed by atoms with Crippen LogP contribution in [-0.2, 0) is 0 Å². The lowest BCUT2D eigenvalue weighted by molar-refractivity contribution is 0.0483. The summed E-state index contributed by atoms with van der Waals surface area (Å²) in [4.78, 5) is 2.53. The van der Waals surface area contributed by atoms with Crippen molar-refractivity contribution in [2.24, 2.45) is 5.41 Å². The summed E-state index contributed by atoms with van der Waals surface area (Å²) >= 11 is 2.62. The van der Waals surface area contributed by atoms with E-state index in [-0.39, 0.29) is 0 Å². The van der Waals surface area contributed by atoms with Crippen LogP contribution in [0.25, 0.3) is 0 Å². The lowest BCUT2D eigenvalue weighted by Crippen LogP contribution is -2.45. The van der Waals surface area contributed by atoms with Crippen molar-refractivity contribution in [2.45, 2.75) is 55.4 Å². The standard InChI is InChI=1S/C12H22IN/c1-3-14(2)11-4-6-12(7-5-11)8-10(13)9-12/h10-11H,3-9H2,1-2H3. The third kappa shape index (κ3) is 2.11. The third-order valence-corrected chi connectivity index (χ3v) is 5.33. The van der Waals surface area contributed by atoms with Crippen molar-refractivity contribution in [3.05, 3.63) is 0 Å². The van der Waals surface area contributed by atoms with Gasteiger partial charge in [0, 0.05) is 9.97 Å². The van der Waals surface area contributed by atoms with E-state index in [1.165, 1.54) is 45.1 Å². The van der Waals surface area contributed by atoms with Crippen molar-refractivity contribution in [1.29, 1.82) is 0 Å². The molecule has 0 aromatic carbocycles. The Bertz CT molecular complexity index is 188. The van der Waals surface area contributed by atoms with Crippen LogP contribution in [0.5, 0.6) is 0 Å². The molecule has 1 spiro atoms. The molecule has 0 saturated heterocycles. The van der Waals surface area contributed by atoms with Crippen LogP contribution in [-0.4, -0.2) is 28.5 Å². The monoisotopic (exact) mass is 307 g/mol. The summed E-state index contributed by atoms with van der Waals surface area (Å²) in [5, 5.41) is 0. The van der Waals surface area contributed by atoms with E-state index in [4.69, 9.17) is 0 Å². The van der Waals surface area contributed by atoms with Gasteiger partial charge in [0.2, 0.25) is 0 Å². The summed E-state index contributed by atoms with van der Waals surface area (Å²) in [5.74, 6) is 0. The van der Waals surface area contributed by atoms with Gasteiger partial charge < -0.3 is 4.90 Å². The fourth-order valence-corrected chi connectivity index (χ4v) is 5.07. The second kappa shape index (κ2) is 4.28. The highest BCUT2D eigenvalue weighted by molar-refractivity contribution is 14.1. The lowest BCUT2D eigenvalue weighted by atomic mass is 9.60. The Balaban J connectivity index is 1.81. The van der Waals surface area contributed by atoms with Gasteiger partial charge in [0.05, 0.1) is 0 Å². The molecule has 0 atom stereocenters. The summed E-state index contributed by atoms with van der Waals surface area (Å²) in [6.07, 6.45) is 8.93. The van der Waals surface area contributed by atoms with Crippen LogP contribution in [0.3, 0.4) is 0 Å². The van der Waals surface area contributed by atoms with Gasteiger partial charge in [-0.3, -0.25) is 0 Å². The van der Waals surface area contributed by atoms with E-state index in [1.807, 2.05) is 0 Å². The first kappa shape index (κ1) is 11.2. The first-order chi connectivity index (χ1) is 6.65. The van der Waals surface area contributed by atoms with Crippen molar-refractivity contribution in [2.75, 3.05) is 13.6 Å². The van der Waals surface area contributed by atoms with Crippen molar-refractivity contribution in [1.82, 2.24) is 4.90 Å². The lowest BCUT2D eigenvalue weighted by Gasteiger charge is -2.51. The molecule has 82 valence electrons. The molecule has 2 heteroatoms. The highest BCUT2D eigenvalue weighted by atomic mass is 127. The molecule has 0 aliphatic heterocycles. The van der Waals surface area contributed by atoms with Gasteiger partial charge in [-0.1, -0.05) is 29.5 Å². The fraction of sp³-hybridized carbons (Fsp3) is 1.00. The van der Waals surface area contributed by atoms with Gasteiger partial charge in [0.15, 0.2) is 0 Å². The van der Waals surface area contributed by atoms with Crippen LogP contribution < -0.4 is 0 Å². The number of hydrogen-bond acceptors (Lipinski definition) is 1. The molecule has 2 rings (SSSR count). The molecule has 0 aromatic heterocycles. The molecule has 0 heterocycles. The van der Waals surface area contributed by atoms with Gasteiger partial charge >= 0.3 is 0 Å². The second-order valence-electron chi connectivity index (χ2n) is 5.31. The maximum absolute atomic E-state index is 2.62. The molecule has 0 N–H and O–H groups in total. The summed E-state index contributed by atoms with van der Waals surface area (Å²) < 4.78 is 0.994. The predicted molar refractivity (Wildman–Crippen MR) is 70.0 cm³/mol. The number of halogens is 1. The van der Waals surface area contributed by atoms with E-state index in [1.54, 1.807) is 0 Å². The summed E-state index contributed by atoms with van der Waals surface area (Å²) in [6, 6.07) is 0.888. The molecule has 2 fully saturated rings. The Hall–Kier alpha value is 0.690. The van der Waals surface area contributed by atoms with E-state index in [2.05, 4.69) is 41.5 Å². The number of nitrogens with zero attached hydrogens (tertiary/aromatic N) is 1. The van der Waals surface area contributed by atoms with Crippen LogP contribution in [0.1, 0.15) is 45.4 Å². The Kier molecular flexibility index (Phi) is 3.42. The number of rotatable bonds is 2. The summed E-state index contributed by atoms with van der Waals surface area (Å²) in [6.45, 7) is 3.49. The SMILES string of the molecule is CCN(C)C1CCC2(CC1)CC(I)C2. The minimum absolute atomic E-state index is 0.803. The van der Waals surface area contributed by atoms with Crippen LogP contribution in [0.4, 0.5) is 0 Å². The van der Waals surface area contributed by atoms with Crippen molar-refractivity contribution >= 4 is 22.6 Å². The average molecular weight is 307 g/mol. The molecule has 2 saturated carbocycles. The third-order valence-electron chi connectivity index (χ3n) is 4.45. The average Bonchev–Trinajstić information content (AvgIpc) is 2.16. The van der Waals surface area contributed by atoms with Crippen LogP contribution in [0.15, 0.2) is 0 Å². The van der Waals surface area contributed by atoms with Crippen molar-refractivity contribution in [3.8, 4) is 0 Å². The zero-order valence-corrected chi connectivity index (χ0v) is 11.6. The highest BCUT2D eigenvalue weighted by Crippen LogP contribution is 2.54. The zero-order valence-electron chi connectivity index (χ0n) is 9.43. The minimum atomic E-state index is 0.803. The van der Waals surface area contributed by atoms with Gasteiger partial charge in [0.25, 0.3) is 0 Å². The smallest absolute Gasteiger partial charge is 0.0120 e. The maximum Gasteiger partial charge on any atom is 0.0120 e. The van der Waals surface area contributed by atoms with Crippen LogP contribution in [0.2, 0.25) is 0 Å². The topological polar surface area (TPSA) is 3.24 Å². The van der Waals surface area contributed by atoms with Crippen molar-refractivity contribution in [3.63, 3.8) is 0 Å². The normalized spacial score (nSPS) is 42.9. The molecule has 14 heavy (non-hydrogen) atoms. The van der Waals surface area contributed by atoms with Crippen molar-refractivity contribution < 1.29 is 0 Å². The van der Waals surface area contributed by atoms with Crippen LogP contribution >= 0.6 is 22.6 Å². The highest BCUT2D eigenvalue weighted by Gasteiger charge is 2.45. The van der Waals surface area contributed by atoms with E-state index in [0.717, 1.165) is 15.4 Å². The Labute approximate surface area is 102 Å². The van der Waals surface area contributed by atoms with Gasteiger partial charge in [-0.05, 0) is 57.5 Å². The predicted octanol–water partition coefficient (Wildman–Crippen LogP) is 3.46. The van der Waals surface area contributed by atoms with Crippen LogP contribution in [0, 0.1) is 5.41 Å². The largest absolute Gasteiger partial charge is 0.304 e. The summed E-state index contributed by atoms with van der Waals surface area (Å²) in [5.41, 5.74) is 0.803. The Morgan fingerprint density at radius 3 is 2.29 bits per heavy atom. The van der Waals surface area contributed by atoms with E-state index in [0.29, 0.717) is 0 Å². The quantitative estimate of drug-likeness (QED) is 0.558.